The van der Waals surface area contributed by atoms with Gasteiger partial charge in [-0.3, -0.25) is 10.1 Å². The largest absolute Gasteiger partial charge is 0.301 e. The molecule has 3 nitrogen and oxygen atoms in total. The number of fused-ring (bicyclic) bond motifs is 1. The highest BCUT2D eigenvalue weighted by Crippen LogP contribution is 2.31. The summed E-state index contributed by atoms with van der Waals surface area (Å²) in [6.07, 6.45) is 3.54. The monoisotopic (exact) mass is 412 g/mol. The normalized spacial score (nSPS) is 20.4. The van der Waals surface area contributed by atoms with E-state index in [1.807, 2.05) is 18.2 Å². The Morgan fingerprint density at radius 2 is 1.39 bits per heavy atom. The summed E-state index contributed by atoms with van der Waals surface area (Å²) in [5, 5.41) is 3.52. The summed E-state index contributed by atoms with van der Waals surface area (Å²) in [6, 6.07) is 29.2. The number of nitrogens with one attached hydrogen (secondary N) is 1. The van der Waals surface area contributed by atoms with Crippen LogP contribution in [0.3, 0.4) is 0 Å². The van der Waals surface area contributed by atoms with Gasteiger partial charge in [-0.2, -0.15) is 0 Å². The molecular weight excluding hydrogens is 380 g/mol. The molecule has 5 rings (SSSR count). The molecule has 3 aromatic carbocycles. The number of rotatable bonds is 4. The van der Waals surface area contributed by atoms with Crippen molar-refractivity contribution >= 4 is 5.78 Å². The van der Waals surface area contributed by atoms with Crippen LogP contribution in [0.15, 0.2) is 84.9 Å². The smallest absolute Gasteiger partial charge is 0.155 e. The number of hydrogen-bond donors (Lipinski definition) is 1. The Bertz CT molecular complexity index is 943. The molecule has 1 atom stereocenters. The van der Waals surface area contributed by atoms with Crippen LogP contribution < -0.4 is 5.32 Å². The lowest BCUT2D eigenvalue weighted by Crippen LogP contribution is -2.58. The maximum atomic E-state index is 12.4. The highest BCUT2D eigenvalue weighted by Gasteiger charge is 2.42. The number of nitrogens with zero attached hydrogens (tertiary/aromatic N) is 1. The van der Waals surface area contributed by atoms with Crippen molar-refractivity contribution in [1.82, 2.24) is 10.2 Å². The van der Waals surface area contributed by atoms with Gasteiger partial charge < -0.3 is 4.90 Å². The molecule has 0 aliphatic carbocycles. The number of carbonyl (C=O) groups excluding carboxylic acids is 1. The molecule has 2 aliphatic heterocycles. The summed E-state index contributed by atoms with van der Waals surface area (Å²) in [5.41, 5.74) is 4.59. The van der Waals surface area contributed by atoms with Gasteiger partial charge >= 0.3 is 0 Å². The van der Waals surface area contributed by atoms with Crippen LogP contribution in [0.4, 0.5) is 0 Å². The van der Waals surface area contributed by atoms with Crippen LogP contribution in [-0.4, -0.2) is 36.9 Å². The van der Waals surface area contributed by atoms with Crippen molar-refractivity contribution < 1.29 is 4.79 Å². The van der Waals surface area contributed by atoms with E-state index in [4.69, 9.17) is 0 Å². The Balaban J connectivity index is 0.000000166. The molecule has 2 aliphatic rings. The summed E-state index contributed by atoms with van der Waals surface area (Å²) in [6.45, 7) is 5.69. The van der Waals surface area contributed by atoms with Crippen LogP contribution in [0.1, 0.15) is 30.9 Å². The lowest BCUT2D eigenvalue weighted by atomic mass is 9.79. The van der Waals surface area contributed by atoms with Crippen LogP contribution in [-0.2, 0) is 16.8 Å². The highest BCUT2D eigenvalue weighted by molar-refractivity contribution is 5.88. The van der Waals surface area contributed by atoms with Crippen molar-refractivity contribution in [2.24, 2.45) is 0 Å². The molecule has 1 N–H and O–H groups in total. The third-order valence-electron chi connectivity index (χ3n) is 6.44. The third-order valence-corrected chi connectivity index (χ3v) is 6.44. The molecular formula is C28H32N2O. The summed E-state index contributed by atoms with van der Waals surface area (Å²) >= 11 is 0. The van der Waals surface area contributed by atoms with Gasteiger partial charge in [0.15, 0.2) is 5.78 Å². The Morgan fingerprint density at radius 1 is 0.839 bits per heavy atom. The summed E-state index contributed by atoms with van der Waals surface area (Å²) in [7, 11) is 0. The number of likely N-dealkylation sites (tertiary alicyclic amines) is 1. The van der Waals surface area contributed by atoms with Gasteiger partial charge in [-0.05, 0) is 61.5 Å². The fourth-order valence-corrected chi connectivity index (χ4v) is 4.76. The van der Waals surface area contributed by atoms with Gasteiger partial charge in [0.2, 0.25) is 0 Å². The number of carbonyl (C=O) groups is 1. The first-order valence-corrected chi connectivity index (χ1v) is 11.4. The van der Waals surface area contributed by atoms with Gasteiger partial charge in [-0.15, -0.1) is 0 Å². The SMILES string of the molecule is CC(=O)C1(CN2CCCC2)NCCc2ccccc21.c1ccc(-c2ccccc2)cc1. The number of ketones is 1. The topological polar surface area (TPSA) is 32.3 Å². The molecule has 0 saturated carbocycles. The Labute approximate surface area is 186 Å². The molecule has 0 radical (unpaired) electrons. The average Bonchev–Trinajstić information content (AvgIpc) is 3.34. The zero-order valence-corrected chi connectivity index (χ0v) is 18.4. The minimum Gasteiger partial charge on any atom is -0.301 e. The minimum absolute atomic E-state index is 0.242. The number of hydrogen-bond acceptors (Lipinski definition) is 3. The molecule has 0 aromatic heterocycles. The molecule has 0 amide bonds. The predicted octanol–water partition coefficient (Wildman–Crippen LogP) is 5.07. The Kier molecular flexibility index (Phi) is 6.96. The highest BCUT2D eigenvalue weighted by atomic mass is 16.1. The van der Waals surface area contributed by atoms with E-state index in [2.05, 4.69) is 76.9 Å². The van der Waals surface area contributed by atoms with Crippen LogP contribution in [0.5, 0.6) is 0 Å². The lowest BCUT2D eigenvalue weighted by Gasteiger charge is -2.40. The first-order chi connectivity index (χ1) is 15.2. The second-order valence-corrected chi connectivity index (χ2v) is 8.51. The molecule has 2 heterocycles. The van der Waals surface area contributed by atoms with E-state index in [0.29, 0.717) is 0 Å². The Hall–Kier alpha value is -2.75. The molecule has 31 heavy (non-hydrogen) atoms. The van der Waals surface area contributed by atoms with Gasteiger partial charge in [0.1, 0.15) is 5.54 Å². The van der Waals surface area contributed by atoms with E-state index in [-0.39, 0.29) is 5.78 Å². The zero-order valence-electron chi connectivity index (χ0n) is 18.4. The van der Waals surface area contributed by atoms with E-state index in [0.717, 1.165) is 32.6 Å². The molecule has 1 fully saturated rings. The van der Waals surface area contributed by atoms with Gasteiger partial charge in [-0.25, -0.2) is 0 Å². The standard InChI is InChI=1S/C16H22N2O.C12H10/c1-13(19)16(12-18-10-4-5-11-18)15-7-3-2-6-14(15)8-9-17-16;1-3-7-11(8-4-1)12-9-5-2-6-10-12/h2-3,6-7,17H,4-5,8-12H2,1H3;1-10H. The van der Waals surface area contributed by atoms with E-state index >= 15 is 0 Å². The first-order valence-electron chi connectivity index (χ1n) is 11.4. The van der Waals surface area contributed by atoms with Crippen LogP contribution in [0, 0.1) is 0 Å². The molecule has 1 saturated heterocycles. The average molecular weight is 413 g/mol. The molecule has 3 aromatic rings. The lowest BCUT2D eigenvalue weighted by molar-refractivity contribution is -0.124. The Morgan fingerprint density at radius 3 is 1.97 bits per heavy atom. The zero-order chi connectivity index (χ0) is 21.5. The van der Waals surface area contributed by atoms with Gasteiger partial charge in [0.25, 0.3) is 0 Å². The van der Waals surface area contributed by atoms with Crippen molar-refractivity contribution in [3.8, 4) is 11.1 Å². The summed E-state index contributed by atoms with van der Waals surface area (Å²) in [5.74, 6) is 0.242. The predicted molar refractivity (Wildman–Crippen MR) is 128 cm³/mol. The molecule has 1 unspecified atom stereocenters. The minimum atomic E-state index is -0.487. The van der Waals surface area contributed by atoms with E-state index < -0.39 is 5.54 Å². The van der Waals surface area contributed by atoms with Crippen LogP contribution in [0.25, 0.3) is 11.1 Å². The molecule has 160 valence electrons. The number of Topliss-reactive ketones (excluding diaryl/α,β-unsaturated/α-hetero) is 1. The second kappa shape index (κ2) is 10.0. The maximum Gasteiger partial charge on any atom is 0.155 e. The van der Waals surface area contributed by atoms with Crippen molar-refractivity contribution in [3.05, 3.63) is 96.1 Å². The van der Waals surface area contributed by atoms with Crippen molar-refractivity contribution in [2.75, 3.05) is 26.2 Å². The van der Waals surface area contributed by atoms with E-state index in [1.54, 1.807) is 6.92 Å². The second-order valence-electron chi connectivity index (χ2n) is 8.51. The molecule has 0 spiro atoms. The summed E-state index contributed by atoms with van der Waals surface area (Å²) < 4.78 is 0. The van der Waals surface area contributed by atoms with Crippen LogP contribution >= 0.6 is 0 Å². The fourth-order valence-electron chi connectivity index (χ4n) is 4.76. The van der Waals surface area contributed by atoms with Crippen molar-refractivity contribution in [3.63, 3.8) is 0 Å². The molecule has 3 heteroatoms. The number of benzene rings is 3. The maximum absolute atomic E-state index is 12.4. The van der Waals surface area contributed by atoms with Gasteiger partial charge in [-0.1, -0.05) is 84.9 Å². The van der Waals surface area contributed by atoms with E-state index in [1.165, 1.54) is 35.1 Å². The van der Waals surface area contributed by atoms with E-state index in [9.17, 15) is 4.79 Å². The fraction of sp³-hybridized carbons (Fsp3) is 0.321. The van der Waals surface area contributed by atoms with Crippen molar-refractivity contribution in [1.29, 1.82) is 0 Å². The summed E-state index contributed by atoms with van der Waals surface area (Å²) in [4.78, 5) is 14.8. The quantitative estimate of drug-likeness (QED) is 0.650. The van der Waals surface area contributed by atoms with Crippen LogP contribution in [0.2, 0.25) is 0 Å². The molecule has 0 bridgehead atoms. The van der Waals surface area contributed by atoms with Gasteiger partial charge in [0, 0.05) is 13.1 Å². The third kappa shape index (κ3) is 4.95. The first kappa shape index (κ1) is 21.5. The van der Waals surface area contributed by atoms with Crippen molar-refractivity contribution in [2.45, 2.75) is 31.7 Å². The van der Waals surface area contributed by atoms with Gasteiger partial charge in [0.05, 0.1) is 0 Å².